The van der Waals surface area contributed by atoms with E-state index in [0.717, 1.165) is 38.5 Å². The van der Waals surface area contributed by atoms with E-state index in [0.29, 0.717) is 12.3 Å². The minimum Gasteiger partial charge on any atom is -0.326 e. The summed E-state index contributed by atoms with van der Waals surface area (Å²) < 4.78 is 2.05. The molecule has 2 aromatic heterocycles. The second-order valence-electron chi connectivity index (χ2n) is 7.18. The van der Waals surface area contributed by atoms with E-state index in [1.165, 1.54) is 11.3 Å². The van der Waals surface area contributed by atoms with Gasteiger partial charge in [-0.25, -0.2) is 4.98 Å². The lowest BCUT2D eigenvalue weighted by atomic mass is 10.2. The predicted octanol–water partition coefficient (Wildman–Crippen LogP) is 5.37. The summed E-state index contributed by atoms with van der Waals surface area (Å²) in [4.78, 5) is 16.9. The van der Waals surface area contributed by atoms with Crippen molar-refractivity contribution in [2.45, 2.75) is 30.8 Å². The zero-order valence-corrected chi connectivity index (χ0v) is 19.3. The minimum absolute atomic E-state index is 0.0689. The summed E-state index contributed by atoms with van der Waals surface area (Å²) in [5.74, 6) is 1.40. The summed E-state index contributed by atoms with van der Waals surface area (Å²) in [6, 6.07) is 17.8. The molecule has 2 aromatic carbocycles. The number of aryl methyl sites for hydroxylation is 1. The summed E-state index contributed by atoms with van der Waals surface area (Å²) in [7, 11) is 0. The average Bonchev–Trinajstić information content (AvgIpc) is 3.41. The number of carbonyl (C=O) groups excluding carboxylic acids is 1. The lowest BCUT2D eigenvalue weighted by molar-refractivity contribution is -0.115. The Labute approximate surface area is 195 Å². The first-order chi connectivity index (χ1) is 15.6. The SMILES string of the molecule is C=CCn1c(SCc2csc(CC(=O)Nc3ccc(C)cc3)n2)nnc1-c1ccccc1. The molecule has 4 rings (SSSR count). The van der Waals surface area contributed by atoms with Gasteiger partial charge in [0.15, 0.2) is 11.0 Å². The number of anilines is 1. The molecule has 0 atom stereocenters. The Morgan fingerprint density at radius 2 is 1.94 bits per heavy atom. The van der Waals surface area contributed by atoms with Crippen LogP contribution in [0, 0.1) is 6.92 Å². The van der Waals surface area contributed by atoms with Gasteiger partial charge in [-0.05, 0) is 19.1 Å². The van der Waals surface area contributed by atoms with Crippen molar-refractivity contribution in [1.29, 1.82) is 0 Å². The van der Waals surface area contributed by atoms with E-state index in [1.807, 2.05) is 73.0 Å². The number of nitrogens with zero attached hydrogens (tertiary/aromatic N) is 4. The molecule has 6 nitrogen and oxygen atoms in total. The molecule has 0 spiro atoms. The number of amides is 1. The minimum atomic E-state index is -0.0689. The molecule has 0 unspecified atom stereocenters. The van der Waals surface area contributed by atoms with Crippen LogP contribution >= 0.6 is 23.1 Å². The van der Waals surface area contributed by atoms with Gasteiger partial charge in [-0.3, -0.25) is 9.36 Å². The Bertz CT molecular complexity index is 1200. The van der Waals surface area contributed by atoms with Crippen molar-refractivity contribution >= 4 is 34.7 Å². The van der Waals surface area contributed by atoms with Crippen molar-refractivity contribution in [2.75, 3.05) is 5.32 Å². The fourth-order valence-corrected chi connectivity index (χ4v) is 4.84. The Morgan fingerprint density at radius 1 is 1.16 bits per heavy atom. The molecule has 0 fully saturated rings. The summed E-state index contributed by atoms with van der Waals surface area (Å²) in [6.45, 7) is 6.50. The molecule has 32 heavy (non-hydrogen) atoms. The van der Waals surface area contributed by atoms with Crippen LogP contribution in [-0.2, 0) is 23.5 Å². The highest BCUT2D eigenvalue weighted by Crippen LogP contribution is 2.27. The van der Waals surface area contributed by atoms with Gasteiger partial charge in [0, 0.05) is 28.9 Å². The zero-order valence-electron chi connectivity index (χ0n) is 17.7. The molecular weight excluding hydrogens is 438 g/mol. The van der Waals surface area contributed by atoms with Crippen LogP contribution in [-0.4, -0.2) is 25.7 Å². The molecule has 0 saturated heterocycles. The van der Waals surface area contributed by atoms with Crippen molar-refractivity contribution in [3.63, 3.8) is 0 Å². The van der Waals surface area contributed by atoms with Gasteiger partial charge in [0.05, 0.1) is 12.1 Å². The van der Waals surface area contributed by atoms with Crippen LogP contribution in [0.15, 0.2) is 77.8 Å². The van der Waals surface area contributed by atoms with Gasteiger partial charge < -0.3 is 5.32 Å². The second kappa shape index (κ2) is 10.4. The van der Waals surface area contributed by atoms with Crippen molar-refractivity contribution in [1.82, 2.24) is 19.7 Å². The smallest absolute Gasteiger partial charge is 0.231 e. The molecule has 2 heterocycles. The molecule has 0 aliphatic heterocycles. The summed E-state index contributed by atoms with van der Waals surface area (Å²) in [6.07, 6.45) is 2.10. The molecule has 0 radical (unpaired) electrons. The first-order valence-corrected chi connectivity index (χ1v) is 12.0. The maximum atomic E-state index is 12.3. The predicted molar refractivity (Wildman–Crippen MR) is 131 cm³/mol. The van der Waals surface area contributed by atoms with Crippen LogP contribution in [0.3, 0.4) is 0 Å². The van der Waals surface area contributed by atoms with Crippen LogP contribution in [0.25, 0.3) is 11.4 Å². The first kappa shape index (κ1) is 22.0. The molecule has 0 aliphatic carbocycles. The van der Waals surface area contributed by atoms with Gasteiger partial charge in [0.1, 0.15) is 5.01 Å². The quantitative estimate of drug-likeness (QED) is 0.268. The van der Waals surface area contributed by atoms with Crippen molar-refractivity contribution in [3.05, 3.63) is 88.9 Å². The van der Waals surface area contributed by atoms with E-state index in [2.05, 4.69) is 31.6 Å². The Kier molecular flexibility index (Phi) is 7.14. The topological polar surface area (TPSA) is 72.7 Å². The van der Waals surface area contributed by atoms with Crippen molar-refractivity contribution in [3.8, 4) is 11.4 Å². The van der Waals surface area contributed by atoms with E-state index < -0.39 is 0 Å². The Hall–Kier alpha value is -3.23. The molecule has 0 saturated carbocycles. The number of carbonyl (C=O) groups is 1. The fraction of sp³-hybridized carbons (Fsp3) is 0.167. The van der Waals surface area contributed by atoms with E-state index in [4.69, 9.17) is 0 Å². The third-order valence-electron chi connectivity index (χ3n) is 4.66. The van der Waals surface area contributed by atoms with E-state index in [9.17, 15) is 4.79 Å². The maximum absolute atomic E-state index is 12.3. The van der Waals surface area contributed by atoms with Gasteiger partial charge in [-0.2, -0.15) is 0 Å². The van der Waals surface area contributed by atoms with Gasteiger partial charge in [0.25, 0.3) is 0 Å². The Balaban J connectivity index is 1.38. The van der Waals surface area contributed by atoms with E-state index >= 15 is 0 Å². The number of nitrogens with one attached hydrogen (secondary N) is 1. The lowest BCUT2D eigenvalue weighted by Crippen LogP contribution is -2.14. The van der Waals surface area contributed by atoms with Gasteiger partial charge >= 0.3 is 0 Å². The zero-order chi connectivity index (χ0) is 22.3. The fourth-order valence-electron chi connectivity index (χ4n) is 3.10. The molecule has 1 amide bonds. The van der Waals surface area contributed by atoms with Crippen molar-refractivity contribution < 1.29 is 4.79 Å². The summed E-state index contributed by atoms with van der Waals surface area (Å²) in [5.41, 5.74) is 3.89. The highest BCUT2D eigenvalue weighted by atomic mass is 32.2. The third kappa shape index (κ3) is 5.52. The highest BCUT2D eigenvalue weighted by Gasteiger charge is 2.15. The number of benzene rings is 2. The molecular formula is C24H23N5OS2. The standard InChI is InChI=1S/C24H23N5OS2/c1-3-13-29-23(18-7-5-4-6-8-18)27-28-24(29)32-16-20-15-31-22(26-20)14-21(30)25-19-11-9-17(2)10-12-19/h3-12,15H,1,13-14,16H2,2H3,(H,25,30). The summed E-state index contributed by atoms with van der Waals surface area (Å²) in [5, 5.41) is 15.3. The molecule has 0 aliphatic rings. The first-order valence-electron chi connectivity index (χ1n) is 10.1. The van der Waals surface area contributed by atoms with Crippen LogP contribution in [0.5, 0.6) is 0 Å². The van der Waals surface area contributed by atoms with Crippen LogP contribution in [0.2, 0.25) is 0 Å². The lowest BCUT2D eigenvalue weighted by Gasteiger charge is -2.07. The van der Waals surface area contributed by atoms with Gasteiger partial charge in [0.2, 0.25) is 5.91 Å². The average molecular weight is 462 g/mol. The van der Waals surface area contributed by atoms with E-state index in [1.54, 1.807) is 11.8 Å². The van der Waals surface area contributed by atoms with Crippen LogP contribution in [0.4, 0.5) is 5.69 Å². The molecule has 8 heteroatoms. The molecule has 4 aromatic rings. The van der Waals surface area contributed by atoms with Gasteiger partial charge in [-0.15, -0.1) is 28.1 Å². The number of thiazole rings is 1. The summed E-state index contributed by atoms with van der Waals surface area (Å²) >= 11 is 3.08. The van der Waals surface area contributed by atoms with Crippen LogP contribution in [0.1, 0.15) is 16.3 Å². The number of allylic oxidation sites excluding steroid dienone is 1. The molecule has 162 valence electrons. The second-order valence-corrected chi connectivity index (χ2v) is 9.07. The Morgan fingerprint density at radius 3 is 2.69 bits per heavy atom. The maximum Gasteiger partial charge on any atom is 0.231 e. The normalized spacial score (nSPS) is 10.8. The largest absolute Gasteiger partial charge is 0.326 e. The third-order valence-corrected chi connectivity index (χ3v) is 6.55. The van der Waals surface area contributed by atoms with Gasteiger partial charge in [-0.1, -0.05) is 65.9 Å². The number of rotatable bonds is 9. The number of aromatic nitrogens is 4. The highest BCUT2D eigenvalue weighted by molar-refractivity contribution is 7.98. The van der Waals surface area contributed by atoms with Crippen LogP contribution < -0.4 is 5.32 Å². The number of hydrogen-bond acceptors (Lipinski definition) is 6. The molecule has 0 bridgehead atoms. The van der Waals surface area contributed by atoms with E-state index in [-0.39, 0.29) is 12.3 Å². The van der Waals surface area contributed by atoms with Crippen molar-refractivity contribution in [2.24, 2.45) is 0 Å². The monoisotopic (exact) mass is 461 g/mol. The molecule has 1 N–H and O–H groups in total. The number of hydrogen-bond donors (Lipinski definition) is 1. The number of thioether (sulfide) groups is 1.